The van der Waals surface area contributed by atoms with Gasteiger partial charge in [-0.2, -0.15) is 0 Å². The first-order valence-corrected chi connectivity index (χ1v) is 8.09. The molecule has 2 aromatic rings. The van der Waals surface area contributed by atoms with Gasteiger partial charge in [-0.3, -0.25) is 0 Å². The number of hydrogen-bond acceptors (Lipinski definition) is 1. The molecule has 3 rings (SSSR count). The molecule has 109 valence electrons. The van der Waals surface area contributed by atoms with E-state index < -0.39 is 0 Å². The first-order valence-electron chi connectivity index (χ1n) is 8.09. The molecule has 1 radical (unpaired) electrons. The fourth-order valence-electron chi connectivity index (χ4n) is 3.14. The molecule has 0 N–H and O–H groups in total. The zero-order chi connectivity index (χ0) is 14.7. The predicted octanol–water partition coefficient (Wildman–Crippen LogP) is 5.90. The van der Waals surface area contributed by atoms with E-state index in [-0.39, 0.29) is 0 Å². The monoisotopic (exact) mass is 279 g/mol. The van der Waals surface area contributed by atoms with Gasteiger partial charge in [-0.25, -0.2) is 0 Å². The van der Waals surface area contributed by atoms with Crippen molar-refractivity contribution in [3.63, 3.8) is 0 Å². The Labute approximate surface area is 127 Å². The molecule has 1 aliphatic rings. The zero-order valence-electron chi connectivity index (χ0n) is 13.0. The van der Waals surface area contributed by atoms with Gasteiger partial charge >= 0.3 is 0 Å². The first kappa shape index (κ1) is 14.2. The third kappa shape index (κ3) is 2.70. The maximum absolute atomic E-state index is 5.86. The van der Waals surface area contributed by atoms with Gasteiger partial charge in [0.1, 0.15) is 5.76 Å². The highest BCUT2D eigenvalue weighted by Gasteiger charge is 2.28. The van der Waals surface area contributed by atoms with E-state index >= 15 is 0 Å². The molecule has 0 spiro atoms. The van der Waals surface area contributed by atoms with Gasteiger partial charge in [0, 0.05) is 11.5 Å². The fourth-order valence-corrected chi connectivity index (χ4v) is 3.14. The minimum Gasteiger partial charge on any atom is -0.464 e. The maximum atomic E-state index is 5.86. The van der Waals surface area contributed by atoms with E-state index in [9.17, 15) is 0 Å². The highest BCUT2D eigenvalue weighted by atomic mass is 16.3. The van der Waals surface area contributed by atoms with Crippen molar-refractivity contribution in [1.29, 1.82) is 0 Å². The molecule has 0 unspecified atom stereocenters. The summed E-state index contributed by atoms with van der Waals surface area (Å²) >= 11 is 0. The number of fused-ring (bicyclic) bond motifs is 1. The van der Waals surface area contributed by atoms with Crippen LogP contribution in [0.5, 0.6) is 0 Å². The lowest BCUT2D eigenvalue weighted by molar-refractivity contribution is 0.547. The minimum atomic E-state index is 1.09. The SMILES string of the molecule is CCCCc1ccoc1C1=Cc2ccccc2[C]1CCC. The normalized spacial score (nSPS) is 14.3. The molecular weight excluding hydrogens is 256 g/mol. The van der Waals surface area contributed by atoms with Crippen LogP contribution in [-0.4, -0.2) is 0 Å². The van der Waals surface area contributed by atoms with Crippen LogP contribution in [0.15, 0.2) is 41.0 Å². The first-order chi connectivity index (χ1) is 10.3. The van der Waals surface area contributed by atoms with Crippen LogP contribution in [-0.2, 0) is 6.42 Å². The Balaban J connectivity index is 1.96. The average Bonchev–Trinajstić information content (AvgIpc) is 3.10. The maximum Gasteiger partial charge on any atom is 0.133 e. The summed E-state index contributed by atoms with van der Waals surface area (Å²) in [6.07, 6.45) is 9.95. The minimum absolute atomic E-state index is 1.09. The Kier molecular flexibility index (Phi) is 4.28. The second kappa shape index (κ2) is 6.34. The summed E-state index contributed by atoms with van der Waals surface area (Å²) in [5.41, 5.74) is 5.36. The molecular formula is C20H23O. The van der Waals surface area contributed by atoms with Gasteiger partial charge < -0.3 is 4.42 Å². The summed E-state index contributed by atoms with van der Waals surface area (Å²) in [5, 5.41) is 0. The third-order valence-electron chi connectivity index (χ3n) is 4.20. The predicted molar refractivity (Wildman–Crippen MR) is 88.9 cm³/mol. The Morgan fingerprint density at radius 1 is 0.952 bits per heavy atom. The van der Waals surface area contributed by atoms with Crippen LogP contribution in [0.1, 0.15) is 62.0 Å². The number of unbranched alkanes of at least 4 members (excludes halogenated alkanes) is 1. The fraction of sp³-hybridized carbons (Fsp3) is 0.350. The van der Waals surface area contributed by atoms with E-state index in [1.165, 1.54) is 41.0 Å². The summed E-state index contributed by atoms with van der Waals surface area (Å²) in [5.74, 6) is 2.53. The van der Waals surface area contributed by atoms with Crippen molar-refractivity contribution < 1.29 is 4.42 Å². The Bertz CT molecular complexity index is 633. The summed E-state index contributed by atoms with van der Waals surface area (Å²) < 4.78 is 5.86. The number of benzene rings is 1. The number of allylic oxidation sites excluding steroid dienone is 1. The van der Waals surface area contributed by atoms with Crippen LogP contribution in [0, 0.1) is 5.92 Å². The van der Waals surface area contributed by atoms with Crippen LogP contribution in [0.25, 0.3) is 11.6 Å². The Hall–Kier alpha value is -1.76. The van der Waals surface area contributed by atoms with E-state index in [0.29, 0.717) is 0 Å². The summed E-state index contributed by atoms with van der Waals surface area (Å²) in [4.78, 5) is 0. The molecule has 0 saturated carbocycles. The van der Waals surface area contributed by atoms with Crippen LogP contribution < -0.4 is 0 Å². The lowest BCUT2D eigenvalue weighted by atomic mass is 9.89. The van der Waals surface area contributed by atoms with Crippen LogP contribution >= 0.6 is 0 Å². The molecule has 0 amide bonds. The molecule has 1 heterocycles. The van der Waals surface area contributed by atoms with Gasteiger partial charge in [0.2, 0.25) is 0 Å². The number of rotatable bonds is 6. The smallest absolute Gasteiger partial charge is 0.133 e. The van der Waals surface area contributed by atoms with E-state index in [1.807, 2.05) is 6.26 Å². The standard InChI is InChI=1S/C20H23O/c1-3-5-9-15-12-13-21-20(15)19-14-16-10-6-7-11-17(16)18(19)8-4-2/h6-7,10-14H,3-5,8-9H2,1-2H3. The van der Waals surface area contributed by atoms with Crippen molar-refractivity contribution in [2.45, 2.75) is 46.0 Å². The molecule has 1 heteroatoms. The lowest BCUT2D eigenvalue weighted by Gasteiger charge is -2.15. The van der Waals surface area contributed by atoms with E-state index in [4.69, 9.17) is 4.42 Å². The average molecular weight is 279 g/mol. The second-order valence-corrected chi connectivity index (χ2v) is 5.75. The largest absolute Gasteiger partial charge is 0.464 e. The highest BCUT2D eigenvalue weighted by Crippen LogP contribution is 2.44. The van der Waals surface area contributed by atoms with Gasteiger partial charge in [-0.15, -0.1) is 0 Å². The molecule has 21 heavy (non-hydrogen) atoms. The molecule has 0 saturated heterocycles. The topological polar surface area (TPSA) is 13.1 Å². The Morgan fingerprint density at radius 3 is 2.62 bits per heavy atom. The van der Waals surface area contributed by atoms with E-state index in [0.717, 1.165) is 25.0 Å². The summed E-state index contributed by atoms with van der Waals surface area (Å²) in [6.45, 7) is 4.48. The zero-order valence-corrected chi connectivity index (χ0v) is 13.0. The van der Waals surface area contributed by atoms with Gasteiger partial charge in [0.05, 0.1) is 6.26 Å². The molecule has 0 bridgehead atoms. The van der Waals surface area contributed by atoms with Gasteiger partial charge in [0.25, 0.3) is 0 Å². The highest BCUT2D eigenvalue weighted by molar-refractivity contribution is 5.97. The molecule has 0 atom stereocenters. The molecule has 0 fully saturated rings. The van der Waals surface area contributed by atoms with Gasteiger partial charge in [-0.1, -0.05) is 51.0 Å². The van der Waals surface area contributed by atoms with Crippen LogP contribution in [0.4, 0.5) is 0 Å². The summed E-state index contributed by atoms with van der Waals surface area (Å²) in [7, 11) is 0. The Morgan fingerprint density at radius 2 is 1.81 bits per heavy atom. The second-order valence-electron chi connectivity index (χ2n) is 5.75. The van der Waals surface area contributed by atoms with Gasteiger partial charge in [-0.05, 0) is 48.1 Å². The number of furan rings is 1. The van der Waals surface area contributed by atoms with Crippen molar-refractivity contribution in [3.05, 3.63) is 65.0 Å². The summed E-state index contributed by atoms with van der Waals surface area (Å²) in [6, 6.07) is 10.8. The lowest BCUT2D eigenvalue weighted by Crippen LogP contribution is -2.00. The van der Waals surface area contributed by atoms with Crippen molar-refractivity contribution in [1.82, 2.24) is 0 Å². The number of aryl methyl sites for hydroxylation is 1. The molecule has 0 aliphatic heterocycles. The molecule has 1 aromatic heterocycles. The van der Waals surface area contributed by atoms with Gasteiger partial charge in [0.15, 0.2) is 0 Å². The molecule has 1 aliphatic carbocycles. The number of hydrogen-bond donors (Lipinski definition) is 0. The van der Waals surface area contributed by atoms with Crippen LogP contribution in [0.2, 0.25) is 0 Å². The van der Waals surface area contributed by atoms with E-state index in [2.05, 4.69) is 50.3 Å². The van der Waals surface area contributed by atoms with Crippen LogP contribution in [0.3, 0.4) is 0 Å². The third-order valence-corrected chi connectivity index (χ3v) is 4.20. The van der Waals surface area contributed by atoms with Crippen molar-refractivity contribution in [2.75, 3.05) is 0 Å². The van der Waals surface area contributed by atoms with Crippen molar-refractivity contribution in [3.8, 4) is 0 Å². The van der Waals surface area contributed by atoms with Crippen molar-refractivity contribution >= 4 is 11.6 Å². The molecule has 1 aromatic carbocycles. The van der Waals surface area contributed by atoms with E-state index in [1.54, 1.807) is 0 Å². The molecule has 1 nitrogen and oxygen atoms in total. The van der Waals surface area contributed by atoms with Crippen molar-refractivity contribution in [2.24, 2.45) is 0 Å². The quantitative estimate of drug-likeness (QED) is 0.641.